The quantitative estimate of drug-likeness (QED) is 0.348. The van der Waals surface area contributed by atoms with Gasteiger partial charge in [-0.25, -0.2) is 14.4 Å². The number of pyridine rings is 1. The van der Waals surface area contributed by atoms with Gasteiger partial charge in [-0.1, -0.05) is 30.3 Å². The number of anilines is 1. The van der Waals surface area contributed by atoms with E-state index in [-0.39, 0.29) is 5.82 Å². The van der Waals surface area contributed by atoms with Crippen LogP contribution >= 0.6 is 0 Å². The third kappa shape index (κ3) is 4.50. The van der Waals surface area contributed by atoms with E-state index in [0.717, 1.165) is 38.9 Å². The Morgan fingerprint density at radius 1 is 0.848 bits per heavy atom. The second-order valence-corrected chi connectivity index (χ2v) is 7.58. The van der Waals surface area contributed by atoms with E-state index in [2.05, 4.69) is 16.4 Å². The van der Waals surface area contributed by atoms with Crippen LogP contribution in [0.25, 0.3) is 33.4 Å². The topological polar surface area (TPSA) is 59.9 Å². The van der Waals surface area contributed by atoms with Crippen molar-refractivity contribution in [3.8, 4) is 28.3 Å². The molecule has 6 heteroatoms. The first-order valence-corrected chi connectivity index (χ1v) is 10.5. The molecule has 0 amide bonds. The Morgan fingerprint density at radius 2 is 1.67 bits per heavy atom. The minimum atomic E-state index is -0.256. The second kappa shape index (κ2) is 9.04. The fraction of sp³-hybridized carbons (Fsp3) is 0.0741. The van der Waals surface area contributed by atoms with Crippen molar-refractivity contribution in [2.45, 2.75) is 6.54 Å². The maximum absolute atomic E-state index is 13.3. The van der Waals surface area contributed by atoms with Gasteiger partial charge >= 0.3 is 0 Å². The van der Waals surface area contributed by atoms with Gasteiger partial charge in [0.2, 0.25) is 0 Å². The zero-order chi connectivity index (χ0) is 22.6. The zero-order valence-electron chi connectivity index (χ0n) is 18.0. The van der Waals surface area contributed by atoms with Crippen molar-refractivity contribution >= 4 is 16.7 Å². The van der Waals surface area contributed by atoms with Gasteiger partial charge < -0.3 is 10.1 Å². The molecule has 3 aromatic carbocycles. The van der Waals surface area contributed by atoms with Gasteiger partial charge in [0.25, 0.3) is 0 Å². The van der Waals surface area contributed by atoms with Gasteiger partial charge in [-0.05, 0) is 65.2 Å². The summed E-state index contributed by atoms with van der Waals surface area (Å²) < 4.78 is 18.7. The zero-order valence-corrected chi connectivity index (χ0v) is 18.0. The number of nitrogens with one attached hydrogen (secondary N) is 1. The van der Waals surface area contributed by atoms with Gasteiger partial charge in [0, 0.05) is 29.9 Å². The molecule has 1 N–H and O–H groups in total. The molecule has 0 aliphatic rings. The number of rotatable bonds is 6. The Morgan fingerprint density at radius 3 is 2.45 bits per heavy atom. The molecule has 2 aromatic heterocycles. The highest BCUT2D eigenvalue weighted by Crippen LogP contribution is 2.31. The summed E-state index contributed by atoms with van der Waals surface area (Å²) in [6, 6.07) is 24.3. The number of aromatic nitrogens is 3. The summed E-state index contributed by atoms with van der Waals surface area (Å²) in [6.07, 6.45) is 3.47. The van der Waals surface area contributed by atoms with Crippen molar-refractivity contribution in [1.29, 1.82) is 0 Å². The molecule has 0 unspecified atom stereocenters. The van der Waals surface area contributed by atoms with Gasteiger partial charge in [-0.15, -0.1) is 0 Å². The summed E-state index contributed by atoms with van der Waals surface area (Å²) in [5, 5.41) is 4.31. The van der Waals surface area contributed by atoms with Gasteiger partial charge in [0.05, 0.1) is 12.6 Å². The lowest BCUT2D eigenvalue weighted by atomic mass is 10.0. The monoisotopic (exact) mass is 436 g/mol. The molecule has 5 aromatic rings. The highest BCUT2D eigenvalue weighted by atomic mass is 19.1. The van der Waals surface area contributed by atoms with Crippen LogP contribution in [0.5, 0.6) is 5.75 Å². The number of benzene rings is 3. The lowest BCUT2D eigenvalue weighted by Crippen LogP contribution is -2.04. The molecule has 5 rings (SSSR count). The highest BCUT2D eigenvalue weighted by Gasteiger charge is 2.12. The third-order valence-electron chi connectivity index (χ3n) is 5.39. The number of hydrogen-bond acceptors (Lipinski definition) is 5. The minimum Gasteiger partial charge on any atom is -0.497 e. The fourth-order valence-electron chi connectivity index (χ4n) is 3.66. The van der Waals surface area contributed by atoms with Crippen molar-refractivity contribution in [3.63, 3.8) is 0 Å². The van der Waals surface area contributed by atoms with Crippen LogP contribution in [0.2, 0.25) is 0 Å². The van der Waals surface area contributed by atoms with Gasteiger partial charge in [0.15, 0.2) is 5.82 Å². The molecule has 0 fully saturated rings. The third-order valence-corrected chi connectivity index (χ3v) is 5.39. The minimum absolute atomic E-state index is 0.256. The summed E-state index contributed by atoms with van der Waals surface area (Å²) >= 11 is 0. The molecule has 0 spiro atoms. The molecular formula is C27H21FN4O. The molecular weight excluding hydrogens is 415 g/mol. The average Bonchev–Trinajstić information content (AvgIpc) is 2.88. The molecule has 0 atom stereocenters. The number of hydrogen-bond donors (Lipinski definition) is 1. The number of methoxy groups -OCH3 is 1. The molecule has 5 nitrogen and oxygen atoms in total. The van der Waals surface area contributed by atoms with Gasteiger partial charge in [0.1, 0.15) is 17.4 Å². The van der Waals surface area contributed by atoms with Crippen LogP contribution in [0.4, 0.5) is 10.2 Å². The first-order valence-electron chi connectivity index (χ1n) is 10.5. The number of nitrogens with zero attached hydrogens (tertiary/aromatic N) is 3. The van der Waals surface area contributed by atoms with Crippen molar-refractivity contribution in [1.82, 2.24) is 15.0 Å². The molecule has 0 aliphatic carbocycles. The van der Waals surface area contributed by atoms with E-state index < -0.39 is 0 Å². The smallest absolute Gasteiger partial charge is 0.163 e. The van der Waals surface area contributed by atoms with Crippen molar-refractivity contribution in [2.24, 2.45) is 0 Å². The van der Waals surface area contributed by atoms with E-state index in [0.29, 0.717) is 18.2 Å². The Kier molecular flexibility index (Phi) is 5.64. The predicted octanol–water partition coefficient (Wildman–Crippen LogP) is 6.12. The fourth-order valence-corrected chi connectivity index (χ4v) is 3.66. The largest absolute Gasteiger partial charge is 0.497 e. The Hall–Kier alpha value is -4.32. The van der Waals surface area contributed by atoms with E-state index in [9.17, 15) is 4.39 Å². The lowest BCUT2D eigenvalue weighted by Gasteiger charge is -2.13. The first-order chi connectivity index (χ1) is 16.2. The molecule has 33 heavy (non-hydrogen) atoms. The van der Waals surface area contributed by atoms with Crippen LogP contribution in [-0.2, 0) is 6.54 Å². The molecule has 162 valence electrons. The summed E-state index contributed by atoms with van der Waals surface area (Å²) in [5.41, 5.74) is 4.68. The van der Waals surface area contributed by atoms with E-state index in [4.69, 9.17) is 14.7 Å². The van der Waals surface area contributed by atoms with Crippen LogP contribution in [0, 0.1) is 5.82 Å². The van der Waals surface area contributed by atoms with E-state index in [1.807, 2.05) is 48.5 Å². The Bertz CT molecular complexity index is 1410. The normalized spacial score (nSPS) is 10.8. The van der Waals surface area contributed by atoms with Gasteiger partial charge in [-0.3, -0.25) is 4.98 Å². The van der Waals surface area contributed by atoms with E-state index >= 15 is 0 Å². The van der Waals surface area contributed by atoms with E-state index in [1.165, 1.54) is 12.1 Å². The van der Waals surface area contributed by atoms with Crippen molar-refractivity contribution < 1.29 is 9.13 Å². The van der Waals surface area contributed by atoms with E-state index in [1.54, 1.807) is 31.6 Å². The molecule has 0 saturated carbocycles. The molecule has 0 aliphatic heterocycles. The number of halogens is 1. The lowest BCUT2D eigenvalue weighted by molar-refractivity contribution is 0.415. The van der Waals surface area contributed by atoms with Crippen LogP contribution in [0.15, 0.2) is 91.3 Å². The van der Waals surface area contributed by atoms with Crippen LogP contribution in [0.1, 0.15) is 5.56 Å². The predicted molar refractivity (Wildman–Crippen MR) is 128 cm³/mol. The van der Waals surface area contributed by atoms with Gasteiger partial charge in [-0.2, -0.15) is 0 Å². The maximum atomic E-state index is 13.3. The van der Waals surface area contributed by atoms with Crippen molar-refractivity contribution in [3.05, 3.63) is 103 Å². The standard InChI is InChI=1S/C27H21FN4O/c1-33-23-6-2-4-19(14-23)20-9-12-25-24(15-20)27(30-16-18-7-10-22(28)11-8-18)32-26(31-25)21-5-3-13-29-17-21/h2-15,17H,16H2,1H3,(H,30,31,32). The number of fused-ring (bicyclic) bond motifs is 1. The van der Waals surface area contributed by atoms with Crippen LogP contribution in [0.3, 0.4) is 0 Å². The summed E-state index contributed by atoms with van der Waals surface area (Å²) in [4.78, 5) is 13.8. The van der Waals surface area contributed by atoms with Crippen LogP contribution in [-0.4, -0.2) is 22.1 Å². The highest BCUT2D eigenvalue weighted by molar-refractivity contribution is 5.94. The average molecular weight is 436 g/mol. The SMILES string of the molecule is COc1cccc(-c2ccc3nc(-c4cccnc4)nc(NCc4ccc(F)cc4)c3c2)c1. The summed E-state index contributed by atoms with van der Waals surface area (Å²) in [7, 11) is 1.66. The molecule has 0 bridgehead atoms. The Balaban J connectivity index is 1.59. The Labute approximate surface area is 191 Å². The first kappa shape index (κ1) is 20.6. The number of ether oxygens (including phenoxy) is 1. The second-order valence-electron chi connectivity index (χ2n) is 7.58. The summed E-state index contributed by atoms with van der Waals surface area (Å²) in [5.74, 6) is 1.83. The maximum Gasteiger partial charge on any atom is 0.163 e. The van der Waals surface area contributed by atoms with Crippen LogP contribution < -0.4 is 10.1 Å². The summed E-state index contributed by atoms with van der Waals surface area (Å²) in [6.45, 7) is 0.502. The van der Waals surface area contributed by atoms with Crippen molar-refractivity contribution in [2.75, 3.05) is 12.4 Å². The molecule has 2 heterocycles. The molecule has 0 saturated heterocycles. The molecule has 0 radical (unpaired) electrons.